The van der Waals surface area contributed by atoms with Gasteiger partial charge in [-0.2, -0.15) is 0 Å². The number of nitrogens with two attached hydrogens (primary N) is 1. The molecule has 0 aliphatic carbocycles. The molecule has 1 heterocycles. The molecule has 0 saturated heterocycles. The molecule has 2 N–H and O–H groups in total. The van der Waals surface area contributed by atoms with Gasteiger partial charge in [-0.25, -0.2) is 8.42 Å². The molecule has 1 aliphatic rings. The first-order chi connectivity index (χ1) is 12.3. The van der Waals surface area contributed by atoms with Crippen molar-refractivity contribution in [3.8, 4) is 11.5 Å². The van der Waals surface area contributed by atoms with Crippen LogP contribution < -0.4 is 19.5 Å². The number of fused-ring (bicyclic) bond motifs is 1. The Hall–Kier alpha value is -1.04. The Balaban J connectivity index is 2.16. The van der Waals surface area contributed by atoms with E-state index in [1.165, 1.54) is 11.4 Å². The first-order valence-electron chi connectivity index (χ1n) is 7.81. The van der Waals surface area contributed by atoms with E-state index in [9.17, 15) is 8.42 Å². The molecule has 0 fully saturated rings. The summed E-state index contributed by atoms with van der Waals surface area (Å²) in [5.41, 5.74) is 7.13. The SMILES string of the molecule is COc1cc(S(=O)(=O)N2C[C@H](CN)Oc3c(I)cc(Br)cc32)ccc1C. The number of sulfonamides is 1. The lowest BCUT2D eigenvalue weighted by molar-refractivity contribution is 0.206. The van der Waals surface area contributed by atoms with Gasteiger partial charge in [0.1, 0.15) is 11.9 Å². The normalized spacial score (nSPS) is 16.8. The zero-order valence-electron chi connectivity index (χ0n) is 14.2. The van der Waals surface area contributed by atoms with Crippen LogP contribution in [-0.2, 0) is 10.0 Å². The molecule has 1 aliphatic heterocycles. The topological polar surface area (TPSA) is 81.9 Å². The van der Waals surface area contributed by atoms with Crippen molar-refractivity contribution in [1.82, 2.24) is 0 Å². The number of hydrogen-bond acceptors (Lipinski definition) is 5. The van der Waals surface area contributed by atoms with Crippen LogP contribution in [0.1, 0.15) is 5.56 Å². The molecule has 26 heavy (non-hydrogen) atoms. The fraction of sp³-hybridized carbons (Fsp3) is 0.294. The number of benzene rings is 2. The van der Waals surface area contributed by atoms with Gasteiger partial charge in [0.25, 0.3) is 10.0 Å². The van der Waals surface area contributed by atoms with Gasteiger partial charge in [0.2, 0.25) is 0 Å². The lowest BCUT2D eigenvalue weighted by Gasteiger charge is -2.35. The van der Waals surface area contributed by atoms with E-state index in [0.29, 0.717) is 17.2 Å². The monoisotopic (exact) mass is 552 g/mol. The molecule has 0 saturated carbocycles. The van der Waals surface area contributed by atoms with Gasteiger partial charge >= 0.3 is 0 Å². The predicted octanol–water partition coefficient (Wildman–Crippen LogP) is 3.29. The largest absolute Gasteiger partial charge is 0.496 e. The van der Waals surface area contributed by atoms with E-state index < -0.39 is 16.1 Å². The Morgan fingerprint density at radius 2 is 2.12 bits per heavy atom. The molecular formula is C17H18BrIN2O4S. The Labute approximate surface area is 175 Å². The number of halogens is 2. The van der Waals surface area contributed by atoms with Crippen LogP contribution in [0.15, 0.2) is 39.7 Å². The summed E-state index contributed by atoms with van der Waals surface area (Å²) in [7, 11) is -2.29. The Bertz CT molecular complexity index is 952. The van der Waals surface area contributed by atoms with Crippen molar-refractivity contribution in [2.75, 3.05) is 24.5 Å². The van der Waals surface area contributed by atoms with Gasteiger partial charge in [-0.1, -0.05) is 22.0 Å². The summed E-state index contributed by atoms with van der Waals surface area (Å²) in [5.74, 6) is 1.05. The van der Waals surface area contributed by atoms with Crippen molar-refractivity contribution in [3.05, 3.63) is 43.9 Å². The molecule has 6 nitrogen and oxygen atoms in total. The van der Waals surface area contributed by atoms with Crippen molar-refractivity contribution >= 4 is 54.2 Å². The molecule has 3 rings (SSSR count). The fourth-order valence-electron chi connectivity index (χ4n) is 2.77. The van der Waals surface area contributed by atoms with Gasteiger partial charge in [0, 0.05) is 17.1 Å². The second kappa shape index (κ2) is 7.53. The second-order valence-corrected chi connectivity index (χ2v) is 9.82. The average molecular weight is 553 g/mol. The van der Waals surface area contributed by atoms with Crippen LogP contribution >= 0.6 is 38.5 Å². The number of nitrogens with zero attached hydrogens (tertiary/aromatic N) is 1. The zero-order chi connectivity index (χ0) is 19.1. The van der Waals surface area contributed by atoms with E-state index in [1.807, 2.05) is 13.0 Å². The Kier molecular flexibility index (Phi) is 5.71. The maximum Gasteiger partial charge on any atom is 0.264 e. The van der Waals surface area contributed by atoms with Crippen molar-refractivity contribution < 1.29 is 17.9 Å². The summed E-state index contributed by atoms with van der Waals surface area (Å²) in [6.45, 7) is 2.23. The average Bonchev–Trinajstić information content (AvgIpc) is 2.61. The summed E-state index contributed by atoms with van der Waals surface area (Å²) < 4.78 is 40.9. The number of hydrogen-bond donors (Lipinski definition) is 1. The van der Waals surface area contributed by atoms with E-state index in [0.717, 1.165) is 13.6 Å². The molecular weight excluding hydrogens is 535 g/mol. The summed E-state index contributed by atoms with van der Waals surface area (Å²) in [6.07, 6.45) is -0.417. The maximum atomic E-state index is 13.4. The second-order valence-electron chi connectivity index (χ2n) is 5.88. The lowest BCUT2D eigenvalue weighted by Crippen LogP contribution is -2.46. The number of methoxy groups -OCH3 is 1. The van der Waals surface area contributed by atoms with Crippen LogP contribution in [0.4, 0.5) is 5.69 Å². The van der Waals surface area contributed by atoms with E-state index in [1.54, 1.807) is 24.3 Å². The first kappa shape index (κ1) is 19.7. The van der Waals surface area contributed by atoms with Gasteiger partial charge in [0.05, 0.1) is 27.8 Å². The van der Waals surface area contributed by atoms with E-state index in [2.05, 4.69) is 38.5 Å². The van der Waals surface area contributed by atoms with Gasteiger partial charge < -0.3 is 15.2 Å². The van der Waals surface area contributed by atoms with Gasteiger partial charge in [-0.15, -0.1) is 0 Å². The number of anilines is 1. The predicted molar refractivity (Wildman–Crippen MR) is 113 cm³/mol. The van der Waals surface area contributed by atoms with Crippen molar-refractivity contribution in [3.63, 3.8) is 0 Å². The molecule has 0 spiro atoms. The summed E-state index contributed by atoms with van der Waals surface area (Å²) in [5, 5.41) is 0. The summed E-state index contributed by atoms with van der Waals surface area (Å²) in [6, 6.07) is 8.48. The quantitative estimate of drug-likeness (QED) is 0.589. The fourth-order valence-corrected chi connectivity index (χ4v) is 5.89. The maximum absolute atomic E-state index is 13.4. The standard InChI is InChI=1S/C17H18BrIN2O4S/c1-10-3-4-13(7-16(10)24-2)26(22,23)21-9-12(8-20)25-17-14(19)5-11(18)6-15(17)21/h3-7,12H,8-9,20H2,1-2H3/t12-/m0/s1. The highest BCUT2D eigenvalue weighted by molar-refractivity contribution is 14.1. The number of rotatable bonds is 4. The molecule has 9 heteroatoms. The lowest BCUT2D eigenvalue weighted by atomic mass is 10.2. The van der Waals surface area contributed by atoms with Crippen LogP contribution in [0, 0.1) is 10.5 Å². The van der Waals surface area contributed by atoms with Crippen molar-refractivity contribution in [2.24, 2.45) is 5.73 Å². The minimum Gasteiger partial charge on any atom is -0.496 e. The van der Waals surface area contributed by atoms with Crippen LogP contribution in [0.25, 0.3) is 0 Å². The Morgan fingerprint density at radius 3 is 2.77 bits per heavy atom. The third-order valence-electron chi connectivity index (χ3n) is 4.14. The molecule has 2 aromatic rings. The van der Waals surface area contributed by atoms with Gasteiger partial charge in [-0.05, 0) is 53.3 Å². The first-order valence-corrected chi connectivity index (χ1v) is 11.1. The van der Waals surface area contributed by atoms with Crippen molar-refractivity contribution in [2.45, 2.75) is 17.9 Å². The highest BCUT2D eigenvalue weighted by atomic mass is 127. The van der Waals surface area contributed by atoms with Crippen molar-refractivity contribution in [1.29, 1.82) is 0 Å². The summed E-state index contributed by atoms with van der Waals surface area (Å²) in [4.78, 5) is 0.165. The molecule has 0 radical (unpaired) electrons. The highest BCUT2D eigenvalue weighted by Crippen LogP contribution is 2.42. The van der Waals surface area contributed by atoms with E-state index in [4.69, 9.17) is 15.2 Å². The number of ether oxygens (including phenoxy) is 2. The van der Waals surface area contributed by atoms with E-state index >= 15 is 0 Å². The van der Waals surface area contributed by atoms with E-state index in [-0.39, 0.29) is 18.0 Å². The smallest absolute Gasteiger partial charge is 0.264 e. The minimum absolute atomic E-state index is 0.147. The number of aryl methyl sites for hydroxylation is 1. The van der Waals surface area contributed by atoms with Gasteiger partial charge in [0.15, 0.2) is 5.75 Å². The van der Waals surface area contributed by atoms with Crippen LogP contribution in [-0.4, -0.2) is 34.7 Å². The van der Waals surface area contributed by atoms with Crippen LogP contribution in [0.2, 0.25) is 0 Å². The van der Waals surface area contributed by atoms with Gasteiger partial charge in [-0.3, -0.25) is 4.31 Å². The third kappa shape index (κ3) is 3.54. The molecule has 1 atom stereocenters. The molecule has 0 aromatic heterocycles. The molecule has 0 amide bonds. The summed E-state index contributed by atoms with van der Waals surface area (Å²) >= 11 is 5.56. The van der Waals surface area contributed by atoms with Crippen LogP contribution in [0.3, 0.4) is 0 Å². The van der Waals surface area contributed by atoms with Crippen LogP contribution in [0.5, 0.6) is 11.5 Å². The molecule has 0 unspecified atom stereocenters. The highest BCUT2D eigenvalue weighted by Gasteiger charge is 2.35. The zero-order valence-corrected chi connectivity index (χ0v) is 18.8. The molecule has 0 bridgehead atoms. The molecule has 140 valence electrons. The Morgan fingerprint density at radius 1 is 1.38 bits per heavy atom. The molecule has 2 aromatic carbocycles. The third-order valence-corrected chi connectivity index (χ3v) is 7.18. The minimum atomic E-state index is -3.81.